The highest BCUT2D eigenvalue weighted by Gasteiger charge is 2.15. The van der Waals surface area contributed by atoms with Crippen LogP contribution in [0.1, 0.15) is 16.2 Å². The van der Waals surface area contributed by atoms with Gasteiger partial charge >= 0.3 is 5.97 Å². The number of carbonyl (C=O) groups is 1. The Morgan fingerprint density at radius 1 is 1.50 bits per heavy atom. The lowest BCUT2D eigenvalue weighted by atomic mass is 10.3. The van der Waals surface area contributed by atoms with E-state index in [0.717, 1.165) is 0 Å². The molecule has 0 spiro atoms. The molecule has 2 heterocycles. The van der Waals surface area contributed by atoms with E-state index >= 15 is 0 Å². The molecule has 0 fully saturated rings. The molecule has 0 aliphatic heterocycles. The molecule has 82 valence electrons. The number of aryl methyl sites for hydroxylation is 1. The van der Waals surface area contributed by atoms with E-state index in [4.69, 9.17) is 10.8 Å². The highest BCUT2D eigenvalue weighted by Crippen LogP contribution is 2.13. The summed E-state index contributed by atoms with van der Waals surface area (Å²) >= 11 is 0. The summed E-state index contributed by atoms with van der Waals surface area (Å²) in [6.07, 6.45) is 3.26. The van der Waals surface area contributed by atoms with Crippen LogP contribution in [-0.4, -0.2) is 30.8 Å². The van der Waals surface area contributed by atoms with Crippen LogP contribution in [0.2, 0.25) is 0 Å². The Labute approximate surface area is 90.6 Å². The van der Waals surface area contributed by atoms with Gasteiger partial charge in [-0.3, -0.25) is 0 Å². The Morgan fingerprint density at radius 2 is 2.25 bits per heavy atom. The second kappa shape index (κ2) is 3.61. The van der Waals surface area contributed by atoms with Gasteiger partial charge in [-0.25, -0.2) is 19.4 Å². The third-order valence-corrected chi connectivity index (χ3v) is 2.00. The average molecular weight is 219 g/mol. The molecular weight excluding hydrogens is 210 g/mol. The largest absolute Gasteiger partial charge is 0.476 e. The Hall–Kier alpha value is -2.44. The van der Waals surface area contributed by atoms with E-state index in [1.54, 1.807) is 25.4 Å². The highest BCUT2D eigenvalue weighted by atomic mass is 16.4. The first-order valence-electron chi connectivity index (χ1n) is 4.47. The average Bonchev–Trinajstić information content (AvgIpc) is 2.73. The van der Waals surface area contributed by atoms with Gasteiger partial charge < -0.3 is 10.8 Å². The van der Waals surface area contributed by atoms with Gasteiger partial charge in [0.1, 0.15) is 0 Å². The van der Waals surface area contributed by atoms with Gasteiger partial charge in [0.15, 0.2) is 17.3 Å². The summed E-state index contributed by atoms with van der Waals surface area (Å²) in [5.41, 5.74) is 5.71. The summed E-state index contributed by atoms with van der Waals surface area (Å²) in [6.45, 7) is 1.65. The fraction of sp³-hybridized carbons (Fsp3) is 0.111. The van der Waals surface area contributed by atoms with Gasteiger partial charge in [0.25, 0.3) is 0 Å². The SMILES string of the molecule is Cc1nc(C(=O)O)c(N)nc1-n1cccn1. The number of carboxylic acid groups (broad SMARTS) is 1. The molecule has 0 aliphatic carbocycles. The summed E-state index contributed by atoms with van der Waals surface area (Å²) in [5.74, 6) is -0.892. The Balaban J connectivity index is 2.59. The topological polar surface area (TPSA) is 107 Å². The number of aromatic carboxylic acids is 1. The lowest BCUT2D eigenvalue weighted by Gasteiger charge is -2.06. The van der Waals surface area contributed by atoms with Gasteiger partial charge in [0, 0.05) is 12.4 Å². The molecule has 0 aromatic carbocycles. The molecule has 0 bridgehead atoms. The van der Waals surface area contributed by atoms with Crippen LogP contribution in [0.4, 0.5) is 5.82 Å². The molecule has 0 radical (unpaired) electrons. The molecule has 0 saturated heterocycles. The van der Waals surface area contributed by atoms with Crippen LogP contribution in [0.3, 0.4) is 0 Å². The van der Waals surface area contributed by atoms with Crippen molar-refractivity contribution < 1.29 is 9.90 Å². The number of nitrogens with zero attached hydrogens (tertiary/aromatic N) is 4. The van der Waals surface area contributed by atoms with Crippen molar-refractivity contribution in [2.45, 2.75) is 6.92 Å². The minimum absolute atomic E-state index is 0.122. The zero-order chi connectivity index (χ0) is 11.7. The summed E-state index contributed by atoms with van der Waals surface area (Å²) in [6, 6.07) is 1.72. The van der Waals surface area contributed by atoms with Gasteiger partial charge in [-0.1, -0.05) is 0 Å². The van der Waals surface area contributed by atoms with Crippen molar-refractivity contribution in [2.24, 2.45) is 0 Å². The second-order valence-corrected chi connectivity index (χ2v) is 3.12. The van der Waals surface area contributed by atoms with Gasteiger partial charge in [0.05, 0.1) is 5.69 Å². The zero-order valence-electron chi connectivity index (χ0n) is 8.45. The predicted molar refractivity (Wildman–Crippen MR) is 55.3 cm³/mol. The fourth-order valence-electron chi connectivity index (χ4n) is 1.29. The van der Waals surface area contributed by atoms with Crippen LogP contribution < -0.4 is 5.73 Å². The van der Waals surface area contributed by atoms with E-state index in [1.807, 2.05) is 0 Å². The third-order valence-electron chi connectivity index (χ3n) is 2.00. The molecule has 2 rings (SSSR count). The minimum Gasteiger partial charge on any atom is -0.476 e. The van der Waals surface area contributed by atoms with E-state index in [-0.39, 0.29) is 11.5 Å². The van der Waals surface area contributed by atoms with Crippen LogP contribution in [-0.2, 0) is 0 Å². The Morgan fingerprint density at radius 3 is 2.81 bits per heavy atom. The molecule has 0 atom stereocenters. The van der Waals surface area contributed by atoms with Gasteiger partial charge in [-0.05, 0) is 13.0 Å². The monoisotopic (exact) mass is 219 g/mol. The minimum atomic E-state index is -1.19. The summed E-state index contributed by atoms with van der Waals surface area (Å²) in [4.78, 5) is 18.6. The van der Waals surface area contributed by atoms with E-state index in [0.29, 0.717) is 11.5 Å². The van der Waals surface area contributed by atoms with Crippen LogP contribution in [0.5, 0.6) is 0 Å². The highest BCUT2D eigenvalue weighted by molar-refractivity contribution is 5.90. The molecular formula is C9H9N5O2. The maximum Gasteiger partial charge on any atom is 0.358 e. The maximum absolute atomic E-state index is 10.8. The molecule has 3 N–H and O–H groups in total. The number of carboxylic acids is 1. The number of hydrogen-bond donors (Lipinski definition) is 2. The first kappa shape index (κ1) is 10.1. The van der Waals surface area contributed by atoms with Crippen LogP contribution in [0.15, 0.2) is 18.5 Å². The van der Waals surface area contributed by atoms with Crippen LogP contribution in [0, 0.1) is 6.92 Å². The Kier molecular flexibility index (Phi) is 2.28. The van der Waals surface area contributed by atoms with E-state index in [9.17, 15) is 4.79 Å². The quantitative estimate of drug-likeness (QED) is 0.749. The maximum atomic E-state index is 10.8. The molecule has 7 nitrogen and oxygen atoms in total. The summed E-state index contributed by atoms with van der Waals surface area (Å²) < 4.78 is 1.48. The number of rotatable bonds is 2. The standard InChI is InChI=1S/C9H9N5O2/c1-5-8(14-4-2-3-11-14)13-7(10)6(12-5)9(15)16/h2-4H,1H3,(H2,10,13)(H,15,16). The number of aromatic nitrogens is 4. The van der Waals surface area contributed by atoms with Crippen molar-refractivity contribution in [1.82, 2.24) is 19.7 Å². The van der Waals surface area contributed by atoms with Crippen molar-refractivity contribution in [2.75, 3.05) is 5.73 Å². The molecule has 2 aromatic rings. The van der Waals surface area contributed by atoms with Crippen molar-refractivity contribution in [3.63, 3.8) is 0 Å². The van der Waals surface area contributed by atoms with Crippen molar-refractivity contribution >= 4 is 11.8 Å². The van der Waals surface area contributed by atoms with E-state index < -0.39 is 5.97 Å². The Bertz CT molecular complexity index is 535. The van der Waals surface area contributed by atoms with Crippen LogP contribution in [0.25, 0.3) is 5.82 Å². The molecule has 7 heteroatoms. The first-order valence-corrected chi connectivity index (χ1v) is 4.47. The first-order chi connectivity index (χ1) is 7.59. The normalized spacial score (nSPS) is 10.3. The molecule has 16 heavy (non-hydrogen) atoms. The molecule has 0 amide bonds. The van der Waals surface area contributed by atoms with Gasteiger partial charge in [-0.2, -0.15) is 5.10 Å². The van der Waals surface area contributed by atoms with Crippen molar-refractivity contribution in [1.29, 1.82) is 0 Å². The predicted octanol–water partition coefficient (Wildman–Crippen LogP) is 0.251. The number of nitrogens with two attached hydrogens (primary N) is 1. The zero-order valence-corrected chi connectivity index (χ0v) is 8.45. The van der Waals surface area contributed by atoms with Gasteiger partial charge in [-0.15, -0.1) is 0 Å². The fourth-order valence-corrected chi connectivity index (χ4v) is 1.29. The number of hydrogen-bond acceptors (Lipinski definition) is 5. The third kappa shape index (κ3) is 1.58. The summed E-state index contributed by atoms with van der Waals surface area (Å²) in [5, 5.41) is 12.8. The second-order valence-electron chi connectivity index (χ2n) is 3.12. The van der Waals surface area contributed by atoms with Crippen LogP contribution >= 0.6 is 0 Å². The number of anilines is 1. The molecule has 0 unspecified atom stereocenters. The molecule has 0 saturated carbocycles. The van der Waals surface area contributed by atoms with Crippen molar-refractivity contribution in [3.8, 4) is 5.82 Å². The number of nitrogen functional groups attached to an aromatic ring is 1. The lowest BCUT2D eigenvalue weighted by molar-refractivity contribution is 0.0691. The molecule has 0 aliphatic rings. The smallest absolute Gasteiger partial charge is 0.358 e. The van der Waals surface area contributed by atoms with E-state index in [1.165, 1.54) is 4.68 Å². The lowest BCUT2D eigenvalue weighted by Crippen LogP contribution is -2.13. The van der Waals surface area contributed by atoms with Gasteiger partial charge in [0.2, 0.25) is 0 Å². The molecule has 2 aromatic heterocycles. The van der Waals surface area contributed by atoms with E-state index in [2.05, 4.69) is 15.1 Å². The summed E-state index contributed by atoms with van der Waals surface area (Å²) in [7, 11) is 0. The van der Waals surface area contributed by atoms with Crippen molar-refractivity contribution in [3.05, 3.63) is 29.8 Å².